The first-order valence-electron chi connectivity index (χ1n) is 2.97. The molecule has 1 rings (SSSR count). The van der Waals surface area contributed by atoms with Crippen LogP contribution in [0.3, 0.4) is 0 Å². The van der Waals surface area contributed by atoms with Crippen LogP contribution in [-0.2, 0) is 0 Å². The lowest BCUT2D eigenvalue weighted by atomic mass is 10.1. The van der Waals surface area contributed by atoms with Gasteiger partial charge >= 0.3 is 0 Å². The molecule has 0 spiro atoms. The van der Waals surface area contributed by atoms with Gasteiger partial charge in [0.2, 0.25) is 0 Å². The topological polar surface area (TPSA) is 20.2 Å². The third kappa shape index (κ3) is 1.77. The van der Waals surface area contributed by atoms with Crippen molar-refractivity contribution < 1.29 is 5.11 Å². The summed E-state index contributed by atoms with van der Waals surface area (Å²) < 4.78 is 0. The monoisotopic (exact) mass is 149 g/mol. The SMILES string of the molecule is Cc1cccc(C)c1O.[Al]. The van der Waals surface area contributed by atoms with Crippen molar-refractivity contribution in [3.8, 4) is 5.75 Å². The van der Waals surface area contributed by atoms with Crippen LogP contribution in [0.25, 0.3) is 0 Å². The molecule has 3 radical (unpaired) electrons. The summed E-state index contributed by atoms with van der Waals surface area (Å²) in [4.78, 5) is 0. The highest BCUT2D eigenvalue weighted by molar-refractivity contribution is 5.75. The highest BCUT2D eigenvalue weighted by Crippen LogP contribution is 2.19. The molecule has 0 aromatic heterocycles. The maximum atomic E-state index is 9.21. The zero-order valence-corrected chi connectivity index (χ0v) is 7.41. The zero-order chi connectivity index (χ0) is 6.85. The average Bonchev–Trinajstić information content (AvgIpc) is 1.83. The largest absolute Gasteiger partial charge is 0.507 e. The van der Waals surface area contributed by atoms with Gasteiger partial charge in [0.05, 0.1) is 0 Å². The Balaban J connectivity index is 0.000000810. The maximum absolute atomic E-state index is 9.21. The molecular formula is C8H10AlO. The molecule has 0 aliphatic heterocycles. The number of rotatable bonds is 0. The van der Waals surface area contributed by atoms with Gasteiger partial charge in [-0.3, -0.25) is 0 Å². The van der Waals surface area contributed by atoms with E-state index in [1.165, 1.54) is 0 Å². The van der Waals surface area contributed by atoms with Gasteiger partial charge in [0, 0.05) is 17.4 Å². The van der Waals surface area contributed by atoms with Crippen molar-refractivity contribution in [2.45, 2.75) is 13.8 Å². The Labute approximate surface area is 71.8 Å². The van der Waals surface area contributed by atoms with Gasteiger partial charge in [-0.15, -0.1) is 0 Å². The van der Waals surface area contributed by atoms with Crippen LogP contribution in [-0.4, -0.2) is 22.5 Å². The summed E-state index contributed by atoms with van der Waals surface area (Å²) in [5.41, 5.74) is 1.88. The summed E-state index contributed by atoms with van der Waals surface area (Å²) in [6, 6.07) is 5.72. The first-order chi connectivity index (χ1) is 4.22. The lowest BCUT2D eigenvalue weighted by molar-refractivity contribution is 0.467. The molecular weight excluding hydrogens is 139 g/mol. The van der Waals surface area contributed by atoms with Crippen molar-refractivity contribution in [3.63, 3.8) is 0 Å². The summed E-state index contributed by atoms with van der Waals surface area (Å²) >= 11 is 0. The van der Waals surface area contributed by atoms with E-state index in [1.807, 2.05) is 32.0 Å². The molecule has 0 aliphatic rings. The average molecular weight is 149 g/mol. The van der Waals surface area contributed by atoms with E-state index >= 15 is 0 Å². The fourth-order valence-electron chi connectivity index (χ4n) is 0.806. The van der Waals surface area contributed by atoms with E-state index in [2.05, 4.69) is 0 Å². The van der Waals surface area contributed by atoms with E-state index in [9.17, 15) is 5.11 Å². The van der Waals surface area contributed by atoms with Crippen molar-refractivity contribution in [3.05, 3.63) is 29.3 Å². The second-order valence-corrected chi connectivity index (χ2v) is 2.24. The number of phenolic OH excluding ortho intramolecular Hbond substituents is 1. The predicted octanol–water partition coefficient (Wildman–Crippen LogP) is 1.63. The Kier molecular flexibility index (Phi) is 3.49. The van der Waals surface area contributed by atoms with Gasteiger partial charge in [-0.2, -0.15) is 0 Å². The Morgan fingerprint density at radius 2 is 1.50 bits per heavy atom. The molecule has 1 aromatic carbocycles. The van der Waals surface area contributed by atoms with Crippen molar-refractivity contribution in [2.24, 2.45) is 0 Å². The molecule has 0 heterocycles. The highest BCUT2D eigenvalue weighted by Gasteiger charge is 1.95. The van der Waals surface area contributed by atoms with Crippen LogP contribution in [0.1, 0.15) is 11.1 Å². The molecule has 0 atom stereocenters. The van der Waals surface area contributed by atoms with Crippen molar-refractivity contribution >= 4 is 17.4 Å². The maximum Gasteiger partial charge on any atom is 0.121 e. The van der Waals surface area contributed by atoms with Crippen molar-refractivity contribution in [1.82, 2.24) is 0 Å². The molecule has 1 N–H and O–H groups in total. The van der Waals surface area contributed by atoms with Gasteiger partial charge in [-0.25, -0.2) is 0 Å². The lowest BCUT2D eigenvalue weighted by Gasteiger charge is -1.99. The molecule has 0 fully saturated rings. The van der Waals surface area contributed by atoms with Crippen LogP contribution in [0.15, 0.2) is 18.2 Å². The second-order valence-electron chi connectivity index (χ2n) is 2.24. The molecule has 1 aromatic rings. The van der Waals surface area contributed by atoms with Gasteiger partial charge in [-0.05, 0) is 25.0 Å². The smallest absolute Gasteiger partial charge is 0.121 e. The van der Waals surface area contributed by atoms with Gasteiger partial charge in [0.25, 0.3) is 0 Å². The molecule has 0 saturated heterocycles. The van der Waals surface area contributed by atoms with Crippen molar-refractivity contribution in [2.75, 3.05) is 0 Å². The molecule has 0 bridgehead atoms. The molecule has 2 heteroatoms. The quantitative estimate of drug-likeness (QED) is 0.556. The number of aryl methyl sites for hydroxylation is 2. The molecule has 0 unspecified atom stereocenters. The Morgan fingerprint density at radius 3 is 1.80 bits per heavy atom. The van der Waals surface area contributed by atoms with E-state index in [1.54, 1.807) is 0 Å². The van der Waals surface area contributed by atoms with Crippen LogP contribution < -0.4 is 0 Å². The summed E-state index contributed by atoms with van der Waals surface area (Å²) in [6.07, 6.45) is 0. The van der Waals surface area contributed by atoms with E-state index in [0.29, 0.717) is 5.75 Å². The zero-order valence-electron chi connectivity index (χ0n) is 6.26. The van der Waals surface area contributed by atoms with E-state index in [0.717, 1.165) is 11.1 Å². The third-order valence-corrected chi connectivity index (χ3v) is 1.44. The molecule has 51 valence electrons. The van der Waals surface area contributed by atoms with Gasteiger partial charge in [0.1, 0.15) is 5.75 Å². The minimum atomic E-state index is 0. The standard InChI is InChI=1S/C8H10O.Al/c1-6-4-3-5-7(2)8(6)9;/h3-5,9H,1-2H3;. The molecule has 0 saturated carbocycles. The fraction of sp³-hybridized carbons (Fsp3) is 0.250. The molecule has 1 nitrogen and oxygen atoms in total. The van der Waals surface area contributed by atoms with Crippen molar-refractivity contribution in [1.29, 1.82) is 0 Å². The number of aromatic hydroxyl groups is 1. The first kappa shape index (κ1) is 9.55. The first-order valence-corrected chi connectivity index (χ1v) is 2.97. The molecule has 0 amide bonds. The number of benzene rings is 1. The number of hydrogen-bond acceptors (Lipinski definition) is 1. The minimum Gasteiger partial charge on any atom is -0.507 e. The van der Waals surface area contributed by atoms with E-state index in [4.69, 9.17) is 0 Å². The van der Waals surface area contributed by atoms with Gasteiger partial charge in [-0.1, -0.05) is 18.2 Å². The normalized spacial score (nSPS) is 8.60. The Hall–Kier alpha value is -0.448. The van der Waals surface area contributed by atoms with Crippen LogP contribution >= 0.6 is 0 Å². The van der Waals surface area contributed by atoms with E-state index < -0.39 is 0 Å². The van der Waals surface area contributed by atoms with E-state index in [-0.39, 0.29) is 17.4 Å². The lowest BCUT2D eigenvalue weighted by Crippen LogP contribution is -1.76. The van der Waals surface area contributed by atoms with Crippen LogP contribution in [0, 0.1) is 13.8 Å². The third-order valence-electron chi connectivity index (χ3n) is 1.44. The molecule has 0 aliphatic carbocycles. The highest BCUT2D eigenvalue weighted by atomic mass is 27.0. The number of para-hydroxylation sites is 1. The Bertz CT molecular complexity index is 200. The van der Waals surface area contributed by atoms with Crippen LogP contribution in [0.4, 0.5) is 0 Å². The van der Waals surface area contributed by atoms with Gasteiger partial charge in [0.15, 0.2) is 0 Å². The summed E-state index contributed by atoms with van der Waals surface area (Å²) in [5.74, 6) is 0.414. The van der Waals surface area contributed by atoms with Gasteiger partial charge < -0.3 is 5.11 Å². The summed E-state index contributed by atoms with van der Waals surface area (Å²) in [6.45, 7) is 3.78. The van der Waals surface area contributed by atoms with Crippen LogP contribution in [0.5, 0.6) is 5.75 Å². The molecule has 10 heavy (non-hydrogen) atoms. The number of hydrogen-bond donors (Lipinski definition) is 1. The summed E-state index contributed by atoms with van der Waals surface area (Å²) in [7, 11) is 0. The predicted molar refractivity (Wildman–Crippen MR) is 43.3 cm³/mol. The minimum absolute atomic E-state index is 0. The second kappa shape index (κ2) is 3.66. The Morgan fingerprint density at radius 1 is 1.10 bits per heavy atom. The summed E-state index contributed by atoms with van der Waals surface area (Å²) in [5, 5.41) is 9.21. The van der Waals surface area contributed by atoms with Crippen LogP contribution in [0.2, 0.25) is 0 Å². The fourth-order valence-corrected chi connectivity index (χ4v) is 0.806. The number of phenols is 1.